The topological polar surface area (TPSA) is 0 Å². The monoisotopic (exact) mass is 271 g/mol. The van der Waals surface area contributed by atoms with Crippen molar-refractivity contribution >= 4 is 0 Å². The van der Waals surface area contributed by atoms with E-state index in [1.807, 2.05) is 0 Å². The maximum atomic E-state index is 2.25. The Kier molecular flexibility index (Phi) is 4.56. The summed E-state index contributed by atoms with van der Waals surface area (Å²) >= 11 is -0.433. The molecule has 0 radical (unpaired) electrons. The van der Waals surface area contributed by atoms with Crippen LogP contribution < -0.4 is 0 Å². The van der Waals surface area contributed by atoms with E-state index in [1.165, 1.54) is 17.6 Å². The summed E-state index contributed by atoms with van der Waals surface area (Å²) in [5, 5.41) is 0. The summed E-state index contributed by atoms with van der Waals surface area (Å²) in [7, 11) is 0. The molecule has 0 N–H and O–H groups in total. The van der Waals surface area contributed by atoms with E-state index in [0.717, 1.165) is 0 Å². The van der Waals surface area contributed by atoms with Gasteiger partial charge >= 0.3 is 107 Å². The molecule has 0 aromatic heterocycles. The zero-order chi connectivity index (χ0) is 10.3. The van der Waals surface area contributed by atoms with Gasteiger partial charge in [-0.1, -0.05) is 0 Å². The molecule has 0 fully saturated rings. The number of rotatable bonds is 4. The molecule has 0 atom stereocenters. The molecule has 0 nitrogen and oxygen atoms in total. The third-order valence-corrected chi connectivity index (χ3v) is 6.18. The van der Waals surface area contributed by atoms with Gasteiger partial charge in [-0.05, 0) is 0 Å². The molecule has 2 aromatic carbocycles. The van der Waals surface area contributed by atoms with E-state index in [0.29, 0.717) is 0 Å². The van der Waals surface area contributed by atoms with Gasteiger partial charge in [-0.15, -0.1) is 0 Å². The summed E-state index contributed by atoms with van der Waals surface area (Å²) in [6.45, 7) is 0. The predicted octanol–water partition coefficient (Wildman–Crippen LogP) is 3.47. The molecule has 0 bridgehead atoms. The van der Waals surface area contributed by atoms with E-state index in [4.69, 9.17) is 0 Å². The molecule has 2 rings (SSSR count). The van der Waals surface area contributed by atoms with Crippen molar-refractivity contribution in [3.63, 3.8) is 0 Å². The Morgan fingerprint density at radius 2 is 1.00 bits per heavy atom. The first-order chi connectivity index (χ1) is 7.45. The van der Waals surface area contributed by atoms with Crippen molar-refractivity contribution < 1.29 is 29.2 Å². The molecule has 0 amide bonds. The molecule has 0 unspecified atom stereocenters. The van der Waals surface area contributed by atoms with Crippen LogP contribution in [0.15, 0.2) is 60.7 Å². The van der Waals surface area contributed by atoms with Gasteiger partial charge in [-0.2, -0.15) is 0 Å². The van der Waals surface area contributed by atoms with Gasteiger partial charge in [-0.25, -0.2) is 0 Å². The van der Waals surface area contributed by atoms with Gasteiger partial charge in [0.05, 0.1) is 0 Å². The molecule has 0 saturated carbocycles. The second kappa shape index (κ2) is 6.20. The summed E-state index contributed by atoms with van der Waals surface area (Å²) in [6.07, 6.45) is 0. The second-order valence-electron chi connectivity index (χ2n) is 3.67. The molecule has 2 aromatic rings. The van der Waals surface area contributed by atoms with Crippen molar-refractivity contribution in [1.29, 1.82) is 0 Å². The molecule has 0 aliphatic heterocycles. The number of hydrogen-bond donors (Lipinski definition) is 0. The molecule has 0 saturated heterocycles. The molecule has 0 aliphatic carbocycles. The van der Waals surface area contributed by atoms with Crippen LogP contribution in [0.1, 0.15) is 11.1 Å². The van der Waals surface area contributed by atoms with Crippen molar-refractivity contribution in [3.05, 3.63) is 71.8 Å². The van der Waals surface area contributed by atoms with Crippen LogP contribution >= 0.6 is 0 Å². The van der Waals surface area contributed by atoms with E-state index in [2.05, 4.69) is 60.7 Å². The van der Waals surface area contributed by atoms with Crippen LogP contribution in [-0.2, 0) is 35.7 Å². The van der Waals surface area contributed by atoms with Gasteiger partial charge in [0.25, 0.3) is 0 Å². The maximum absolute atomic E-state index is 2.25. The summed E-state index contributed by atoms with van der Waals surface area (Å²) in [5.41, 5.74) is 3.05. The van der Waals surface area contributed by atoms with Crippen molar-refractivity contribution in [3.8, 4) is 0 Å². The molecule has 15 heavy (non-hydrogen) atoms. The van der Waals surface area contributed by atoms with Gasteiger partial charge in [0.15, 0.2) is 0 Å². The van der Waals surface area contributed by atoms with Crippen LogP contribution in [0.25, 0.3) is 0 Å². The van der Waals surface area contributed by atoms with Gasteiger partial charge < -0.3 is 0 Å². The van der Waals surface area contributed by atoms with Crippen molar-refractivity contribution in [2.45, 2.75) is 6.46 Å². The molecular weight excluding hydrogens is 257 g/mol. The van der Waals surface area contributed by atoms with Crippen molar-refractivity contribution in [2.75, 3.05) is 0 Å². The van der Waals surface area contributed by atoms with E-state index in [-0.39, 0.29) is 0 Å². The van der Waals surface area contributed by atoms with Gasteiger partial charge in [-0.3, -0.25) is 0 Å². The van der Waals surface area contributed by atoms with Crippen LogP contribution in [0.2, 0.25) is 0 Å². The zero-order valence-electron chi connectivity index (χ0n) is 8.77. The minimum atomic E-state index is -0.433. The normalized spacial score (nSPS) is 9.60. The summed E-state index contributed by atoms with van der Waals surface area (Å²) < 4.78 is 2.73. The third-order valence-electron chi connectivity index (χ3n) is 2.45. The molecule has 0 aliphatic rings. The third kappa shape index (κ3) is 3.89. The summed E-state index contributed by atoms with van der Waals surface area (Å²) in [5.74, 6) is 0. The van der Waals surface area contributed by atoms with E-state index >= 15 is 0 Å². The van der Waals surface area contributed by atoms with Crippen LogP contribution in [0.4, 0.5) is 0 Å². The standard InChI is InChI=1S/2C7H7.Y/c2*1-7-5-3-2-4-6-7;/h2*2-6H,1H2;. The number of benzene rings is 2. The van der Waals surface area contributed by atoms with Crippen LogP contribution in [-0.4, -0.2) is 0 Å². The first kappa shape index (κ1) is 11.0. The van der Waals surface area contributed by atoms with Crippen molar-refractivity contribution in [1.82, 2.24) is 0 Å². The fraction of sp³-hybridized carbons (Fsp3) is 0.143. The van der Waals surface area contributed by atoms with Crippen LogP contribution in [0.3, 0.4) is 0 Å². The Morgan fingerprint density at radius 1 is 0.600 bits per heavy atom. The fourth-order valence-corrected chi connectivity index (χ4v) is 4.97. The Morgan fingerprint density at radius 3 is 1.40 bits per heavy atom. The summed E-state index contributed by atoms with van der Waals surface area (Å²) in [6, 6.07) is 21.7. The molecule has 0 heterocycles. The molecule has 73 valence electrons. The van der Waals surface area contributed by atoms with Gasteiger partial charge in [0, 0.05) is 0 Å². The quantitative estimate of drug-likeness (QED) is 0.798. The predicted molar refractivity (Wildman–Crippen MR) is 60.3 cm³/mol. The zero-order valence-corrected chi connectivity index (χ0v) is 11.6. The minimum absolute atomic E-state index is 0.433. The van der Waals surface area contributed by atoms with Gasteiger partial charge in [0.1, 0.15) is 0 Å². The van der Waals surface area contributed by atoms with E-state index < -0.39 is 29.2 Å². The van der Waals surface area contributed by atoms with Crippen LogP contribution in [0, 0.1) is 0 Å². The molecule has 0 spiro atoms. The van der Waals surface area contributed by atoms with Crippen molar-refractivity contribution in [2.24, 2.45) is 0 Å². The van der Waals surface area contributed by atoms with E-state index in [1.54, 1.807) is 0 Å². The Balaban J connectivity index is 1.81. The Bertz CT molecular complexity index is 341. The number of hydrogen-bond acceptors (Lipinski definition) is 0. The van der Waals surface area contributed by atoms with E-state index in [9.17, 15) is 0 Å². The Labute approximate surface area is 107 Å². The molecule has 1 heteroatoms. The van der Waals surface area contributed by atoms with Gasteiger partial charge in [0.2, 0.25) is 0 Å². The fourth-order valence-electron chi connectivity index (χ4n) is 1.63. The first-order valence-corrected chi connectivity index (χ1v) is 9.36. The van der Waals surface area contributed by atoms with Crippen LogP contribution in [0.5, 0.6) is 0 Å². The average molecular weight is 271 g/mol. The second-order valence-corrected chi connectivity index (χ2v) is 7.09. The first-order valence-electron chi connectivity index (χ1n) is 5.34. The molecular formula is C14H14Y. The Hall–Kier alpha value is -0.456. The average Bonchev–Trinajstić information content (AvgIpc) is 2.32. The SMILES string of the molecule is c1ccc([CH2][Y][CH2]c2ccccc2)cc1. The summed E-state index contributed by atoms with van der Waals surface area (Å²) in [4.78, 5) is 0.